The van der Waals surface area contributed by atoms with Gasteiger partial charge in [0.2, 0.25) is 0 Å². The summed E-state index contributed by atoms with van der Waals surface area (Å²) >= 11 is 0. The van der Waals surface area contributed by atoms with Crippen LogP contribution < -0.4 is 9.47 Å². The lowest BCUT2D eigenvalue weighted by atomic mass is 10.1. The predicted molar refractivity (Wildman–Crippen MR) is 83.2 cm³/mol. The fraction of sp³-hybridized carbons (Fsp3) is 0.125. The van der Waals surface area contributed by atoms with E-state index in [9.17, 15) is 15.2 Å². The summed E-state index contributed by atoms with van der Waals surface area (Å²) < 4.78 is 10.0. The van der Waals surface area contributed by atoms with Crippen molar-refractivity contribution < 1.29 is 19.5 Å². The predicted octanol–water partition coefficient (Wildman–Crippen LogP) is 3.49. The molecule has 0 heterocycles. The number of nitrogens with zero attached hydrogens (tertiary/aromatic N) is 1. The van der Waals surface area contributed by atoms with Gasteiger partial charge in [-0.1, -0.05) is 18.2 Å². The van der Waals surface area contributed by atoms with Crippen molar-refractivity contribution in [3.05, 3.63) is 57.6 Å². The number of hydrogen-bond acceptors (Lipinski definition) is 5. The summed E-state index contributed by atoms with van der Waals surface area (Å²) in [5.74, 6) is 0.821. The van der Waals surface area contributed by atoms with Gasteiger partial charge in [-0.25, -0.2) is 0 Å². The maximum absolute atomic E-state index is 11.0. The highest BCUT2D eigenvalue weighted by Gasteiger charge is 2.14. The van der Waals surface area contributed by atoms with E-state index < -0.39 is 4.92 Å². The Labute approximate surface area is 127 Å². The van der Waals surface area contributed by atoms with Crippen molar-refractivity contribution in [2.45, 2.75) is 0 Å². The van der Waals surface area contributed by atoms with E-state index in [1.807, 2.05) is 0 Å². The molecular formula is C16H15NO5. The number of nitro groups is 1. The Balaban J connectivity index is 2.32. The minimum absolute atomic E-state index is 0.0831. The summed E-state index contributed by atoms with van der Waals surface area (Å²) in [4.78, 5) is 10.5. The van der Waals surface area contributed by atoms with E-state index >= 15 is 0 Å². The van der Waals surface area contributed by atoms with E-state index in [0.29, 0.717) is 11.3 Å². The molecule has 0 radical (unpaired) electrons. The van der Waals surface area contributed by atoms with Crippen molar-refractivity contribution in [3.63, 3.8) is 0 Å². The molecular weight excluding hydrogens is 286 g/mol. The zero-order valence-electron chi connectivity index (χ0n) is 12.1. The first-order valence-electron chi connectivity index (χ1n) is 6.42. The number of phenols is 1. The van der Waals surface area contributed by atoms with Gasteiger partial charge in [-0.3, -0.25) is 10.1 Å². The molecule has 0 saturated heterocycles. The fourth-order valence-corrected chi connectivity index (χ4v) is 1.97. The van der Waals surface area contributed by atoms with Crippen LogP contribution in [-0.2, 0) is 0 Å². The molecule has 2 aromatic rings. The van der Waals surface area contributed by atoms with Gasteiger partial charge >= 0.3 is 5.69 Å². The Hall–Kier alpha value is -3.02. The third-order valence-electron chi connectivity index (χ3n) is 3.02. The van der Waals surface area contributed by atoms with Crippen LogP contribution in [-0.4, -0.2) is 24.2 Å². The van der Waals surface area contributed by atoms with Gasteiger partial charge in [0.1, 0.15) is 11.5 Å². The Bertz CT molecular complexity index is 724. The second-order valence-electron chi connectivity index (χ2n) is 4.49. The van der Waals surface area contributed by atoms with Crippen LogP contribution in [0.15, 0.2) is 36.4 Å². The number of nitro benzene ring substituents is 1. The van der Waals surface area contributed by atoms with Gasteiger partial charge in [-0.05, 0) is 29.3 Å². The van der Waals surface area contributed by atoms with E-state index in [0.717, 1.165) is 5.56 Å². The number of rotatable bonds is 5. The van der Waals surface area contributed by atoms with Gasteiger partial charge < -0.3 is 14.6 Å². The van der Waals surface area contributed by atoms with Crippen LogP contribution >= 0.6 is 0 Å². The van der Waals surface area contributed by atoms with Crippen molar-refractivity contribution in [3.8, 4) is 17.2 Å². The average molecular weight is 301 g/mol. The molecule has 6 nitrogen and oxygen atoms in total. The highest BCUT2D eigenvalue weighted by atomic mass is 16.6. The molecule has 0 spiro atoms. The number of hydrogen-bond donors (Lipinski definition) is 1. The largest absolute Gasteiger partial charge is 0.508 e. The topological polar surface area (TPSA) is 81.8 Å². The van der Waals surface area contributed by atoms with E-state index in [2.05, 4.69) is 0 Å². The number of ether oxygens (including phenoxy) is 2. The van der Waals surface area contributed by atoms with Gasteiger partial charge in [0.15, 0.2) is 5.75 Å². The summed E-state index contributed by atoms with van der Waals surface area (Å²) in [5, 5.41) is 20.6. The van der Waals surface area contributed by atoms with Gasteiger partial charge in [0, 0.05) is 12.1 Å². The third kappa shape index (κ3) is 3.54. The number of methoxy groups -OCH3 is 2. The summed E-state index contributed by atoms with van der Waals surface area (Å²) in [6, 6.07) is 9.49. The van der Waals surface area contributed by atoms with Crippen molar-refractivity contribution in [1.29, 1.82) is 0 Å². The second-order valence-corrected chi connectivity index (χ2v) is 4.49. The Kier molecular flexibility index (Phi) is 4.63. The van der Waals surface area contributed by atoms with Crippen LogP contribution in [0.5, 0.6) is 17.2 Å². The molecule has 0 amide bonds. The molecule has 0 aromatic heterocycles. The van der Waals surface area contributed by atoms with Gasteiger partial charge in [-0.2, -0.15) is 0 Å². The molecule has 0 atom stereocenters. The summed E-state index contributed by atoms with van der Waals surface area (Å²) in [6.45, 7) is 0. The molecule has 6 heteroatoms. The fourth-order valence-electron chi connectivity index (χ4n) is 1.97. The summed E-state index contributed by atoms with van der Waals surface area (Å²) in [7, 11) is 2.89. The summed E-state index contributed by atoms with van der Waals surface area (Å²) in [6.07, 6.45) is 3.44. The SMILES string of the molecule is COc1cc(O)cc(/C=C\c2ccc(OC)c([N+](=O)[O-])c2)c1. The van der Waals surface area contributed by atoms with E-state index in [1.54, 1.807) is 36.4 Å². The van der Waals surface area contributed by atoms with Gasteiger partial charge in [0.25, 0.3) is 0 Å². The Morgan fingerprint density at radius 3 is 2.41 bits per heavy atom. The lowest BCUT2D eigenvalue weighted by Crippen LogP contribution is -1.93. The minimum atomic E-state index is -0.493. The van der Waals surface area contributed by atoms with E-state index in [4.69, 9.17) is 9.47 Å². The average Bonchev–Trinajstić information content (AvgIpc) is 2.52. The monoisotopic (exact) mass is 301 g/mol. The molecule has 0 saturated carbocycles. The lowest BCUT2D eigenvalue weighted by Gasteiger charge is -2.03. The van der Waals surface area contributed by atoms with Crippen molar-refractivity contribution in [1.82, 2.24) is 0 Å². The standard InChI is InChI=1S/C16H15NO5/c1-21-14-8-12(7-13(18)10-14)4-3-11-5-6-16(22-2)15(9-11)17(19)20/h3-10,18H,1-2H3/b4-3-. The van der Waals surface area contributed by atoms with Gasteiger partial charge in [-0.15, -0.1) is 0 Å². The van der Waals surface area contributed by atoms with Crippen molar-refractivity contribution in [2.24, 2.45) is 0 Å². The maximum Gasteiger partial charge on any atom is 0.311 e. The molecule has 22 heavy (non-hydrogen) atoms. The van der Waals surface area contributed by atoms with Crippen LogP contribution in [0.1, 0.15) is 11.1 Å². The van der Waals surface area contributed by atoms with Crippen LogP contribution in [0.2, 0.25) is 0 Å². The third-order valence-corrected chi connectivity index (χ3v) is 3.02. The normalized spacial score (nSPS) is 10.6. The highest BCUT2D eigenvalue weighted by Crippen LogP contribution is 2.28. The Morgan fingerprint density at radius 2 is 1.77 bits per heavy atom. The first-order chi connectivity index (χ1) is 10.5. The molecule has 1 N–H and O–H groups in total. The van der Waals surface area contributed by atoms with Gasteiger partial charge in [0.05, 0.1) is 19.1 Å². The number of phenolic OH excluding ortho intramolecular Hbond substituents is 1. The van der Waals surface area contributed by atoms with Crippen molar-refractivity contribution in [2.75, 3.05) is 14.2 Å². The molecule has 0 aliphatic rings. The second kappa shape index (κ2) is 6.62. The first kappa shape index (κ1) is 15.4. The molecule has 114 valence electrons. The molecule has 2 aromatic carbocycles. The molecule has 0 aliphatic heterocycles. The molecule has 0 aliphatic carbocycles. The van der Waals surface area contributed by atoms with E-state index in [1.165, 1.54) is 26.4 Å². The molecule has 0 unspecified atom stereocenters. The maximum atomic E-state index is 11.0. The van der Waals surface area contributed by atoms with Crippen LogP contribution in [0.4, 0.5) is 5.69 Å². The highest BCUT2D eigenvalue weighted by molar-refractivity contribution is 5.72. The first-order valence-corrected chi connectivity index (χ1v) is 6.42. The molecule has 0 bridgehead atoms. The Morgan fingerprint density at radius 1 is 1.05 bits per heavy atom. The smallest absolute Gasteiger partial charge is 0.311 e. The summed E-state index contributed by atoms with van der Waals surface area (Å²) in [5.41, 5.74) is 1.27. The van der Waals surface area contributed by atoms with Crippen molar-refractivity contribution >= 4 is 17.8 Å². The number of aromatic hydroxyl groups is 1. The zero-order chi connectivity index (χ0) is 16.1. The minimum Gasteiger partial charge on any atom is -0.508 e. The zero-order valence-corrected chi connectivity index (χ0v) is 12.1. The van der Waals surface area contributed by atoms with Crippen LogP contribution in [0.3, 0.4) is 0 Å². The lowest BCUT2D eigenvalue weighted by molar-refractivity contribution is -0.385. The number of benzene rings is 2. The van der Waals surface area contributed by atoms with Crippen LogP contribution in [0, 0.1) is 10.1 Å². The van der Waals surface area contributed by atoms with E-state index in [-0.39, 0.29) is 17.2 Å². The molecule has 0 fully saturated rings. The molecule has 2 rings (SSSR count). The van der Waals surface area contributed by atoms with Crippen LogP contribution in [0.25, 0.3) is 12.2 Å². The quantitative estimate of drug-likeness (QED) is 0.519.